The highest BCUT2D eigenvalue weighted by Crippen LogP contribution is 2.52. The van der Waals surface area contributed by atoms with Gasteiger partial charge in [-0.2, -0.15) is 0 Å². The number of carbonyl (C=O) groups excluding carboxylic acids is 4. The van der Waals surface area contributed by atoms with Gasteiger partial charge in [0.1, 0.15) is 23.6 Å². The van der Waals surface area contributed by atoms with Crippen molar-refractivity contribution in [1.82, 2.24) is 9.80 Å². The van der Waals surface area contributed by atoms with Crippen LogP contribution in [-0.2, 0) is 25.7 Å². The molecule has 1 aromatic rings. The fourth-order valence-electron chi connectivity index (χ4n) is 4.63. The molecule has 2 aliphatic carbocycles. The van der Waals surface area contributed by atoms with Crippen molar-refractivity contribution < 1.29 is 28.3 Å². The zero-order valence-electron chi connectivity index (χ0n) is 16.0. The van der Waals surface area contributed by atoms with Gasteiger partial charge in [-0.3, -0.25) is 19.3 Å². The van der Waals surface area contributed by atoms with Crippen molar-refractivity contribution in [3.05, 3.63) is 35.3 Å². The van der Waals surface area contributed by atoms with Crippen LogP contribution in [0.5, 0.6) is 0 Å². The maximum atomic E-state index is 12.7. The number of likely N-dealkylation sites (N-methyl/N-ethyl adjacent to an activating group) is 1. The number of hydrogen-bond acceptors (Lipinski definition) is 6. The van der Waals surface area contributed by atoms with E-state index in [0.29, 0.717) is 17.1 Å². The maximum absolute atomic E-state index is 12.7. The molecule has 1 aromatic heterocycles. The minimum absolute atomic E-state index is 0.118. The second-order valence-corrected chi connectivity index (χ2v) is 7.69. The fourth-order valence-corrected chi connectivity index (χ4v) is 4.63. The summed E-state index contributed by atoms with van der Waals surface area (Å²) in [5.41, 5.74) is 0.305. The smallest absolute Gasteiger partial charge is 0.341 e. The van der Waals surface area contributed by atoms with Gasteiger partial charge in [0.2, 0.25) is 17.7 Å². The molecule has 0 spiro atoms. The van der Waals surface area contributed by atoms with Gasteiger partial charge in [-0.1, -0.05) is 12.2 Å². The highest BCUT2D eigenvalue weighted by molar-refractivity contribution is 6.08. The minimum Gasteiger partial charge on any atom is -0.465 e. The lowest BCUT2D eigenvalue weighted by Gasteiger charge is -2.21. The molecule has 148 valence electrons. The van der Waals surface area contributed by atoms with Crippen LogP contribution in [0.2, 0.25) is 0 Å². The quantitative estimate of drug-likeness (QED) is 0.428. The van der Waals surface area contributed by atoms with Crippen molar-refractivity contribution in [1.29, 1.82) is 0 Å². The summed E-state index contributed by atoms with van der Waals surface area (Å²) in [5.74, 6) is -0.910. The molecule has 4 unspecified atom stereocenters. The van der Waals surface area contributed by atoms with Gasteiger partial charge in [-0.05, 0) is 31.2 Å². The number of allylic oxidation sites excluding steroid dienone is 2. The predicted molar refractivity (Wildman–Crippen MR) is 95.7 cm³/mol. The molecule has 2 heterocycles. The Hall–Kier alpha value is -2.90. The monoisotopic (exact) mass is 386 g/mol. The zero-order chi connectivity index (χ0) is 20.2. The van der Waals surface area contributed by atoms with Crippen molar-refractivity contribution in [3.8, 4) is 0 Å². The Labute approximate surface area is 162 Å². The first-order valence-corrected chi connectivity index (χ1v) is 9.27. The summed E-state index contributed by atoms with van der Waals surface area (Å²) >= 11 is 0. The summed E-state index contributed by atoms with van der Waals surface area (Å²) in [5, 5.41) is 0. The number of methoxy groups -OCH3 is 1. The van der Waals surface area contributed by atoms with Crippen LogP contribution in [0.25, 0.3) is 0 Å². The Kier molecular flexibility index (Phi) is 4.36. The van der Waals surface area contributed by atoms with Gasteiger partial charge < -0.3 is 14.1 Å². The third kappa shape index (κ3) is 2.75. The van der Waals surface area contributed by atoms with Crippen molar-refractivity contribution in [3.63, 3.8) is 0 Å². The van der Waals surface area contributed by atoms with E-state index in [4.69, 9.17) is 4.42 Å². The van der Waals surface area contributed by atoms with Crippen LogP contribution < -0.4 is 0 Å². The molecule has 0 radical (unpaired) electrons. The van der Waals surface area contributed by atoms with Crippen LogP contribution in [0.4, 0.5) is 0 Å². The summed E-state index contributed by atoms with van der Waals surface area (Å²) in [6.07, 6.45) is 4.90. The summed E-state index contributed by atoms with van der Waals surface area (Å²) < 4.78 is 10.2. The number of nitrogens with zero attached hydrogens (tertiary/aromatic N) is 2. The fraction of sp³-hybridized carbons (Fsp3) is 0.500. The Morgan fingerprint density at radius 1 is 1.21 bits per heavy atom. The molecule has 4 rings (SSSR count). The molecule has 8 heteroatoms. The van der Waals surface area contributed by atoms with E-state index in [1.807, 2.05) is 12.2 Å². The molecule has 2 fully saturated rings. The van der Waals surface area contributed by atoms with E-state index in [0.717, 1.165) is 11.3 Å². The van der Waals surface area contributed by atoms with Gasteiger partial charge >= 0.3 is 5.97 Å². The number of rotatable bonds is 5. The highest BCUT2D eigenvalue weighted by atomic mass is 16.5. The average molecular weight is 386 g/mol. The van der Waals surface area contributed by atoms with Gasteiger partial charge in [0.05, 0.1) is 25.5 Å². The molecular formula is C20H22N2O6. The zero-order valence-corrected chi connectivity index (χ0v) is 16.0. The van der Waals surface area contributed by atoms with Gasteiger partial charge in [0.25, 0.3) is 0 Å². The Balaban J connectivity index is 1.41. The Bertz CT molecular complexity index is 871. The minimum atomic E-state index is -0.510. The van der Waals surface area contributed by atoms with Crippen molar-refractivity contribution in [2.45, 2.75) is 19.9 Å². The van der Waals surface area contributed by atoms with E-state index in [1.54, 1.807) is 14.0 Å². The van der Waals surface area contributed by atoms with Crippen LogP contribution in [0.15, 0.2) is 22.6 Å². The molecular weight excluding hydrogens is 364 g/mol. The SMILES string of the molecule is COC(=O)c1cc(CN(C)C(=O)CN2C(=O)C3C4C=CC(C4)C3C2=O)oc1C. The molecule has 4 atom stereocenters. The van der Waals surface area contributed by atoms with Crippen LogP contribution in [0.1, 0.15) is 28.3 Å². The Morgan fingerprint density at radius 2 is 1.82 bits per heavy atom. The van der Waals surface area contributed by atoms with E-state index in [-0.39, 0.29) is 54.5 Å². The normalized spacial score (nSPS) is 27.5. The maximum Gasteiger partial charge on any atom is 0.341 e. The van der Waals surface area contributed by atoms with Crippen LogP contribution in [0.3, 0.4) is 0 Å². The van der Waals surface area contributed by atoms with Crippen molar-refractivity contribution >= 4 is 23.7 Å². The molecule has 3 aliphatic rings. The summed E-state index contributed by atoms with van der Waals surface area (Å²) in [7, 11) is 2.85. The molecule has 3 amide bonds. The third-order valence-electron chi connectivity index (χ3n) is 6.05. The number of imide groups is 1. The van der Waals surface area contributed by atoms with E-state index < -0.39 is 5.97 Å². The van der Waals surface area contributed by atoms with Crippen molar-refractivity contribution in [2.24, 2.45) is 23.7 Å². The molecule has 1 saturated heterocycles. The number of likely N-dealkylation sites (tertiary alicyclic amines) is 1. The molecule has 1 aliphatic heterocycles. The van der Waals surface area contributed by atoms with Crippen LogP contribution in [0, 0.1) is 30.6 Å². The largest absolute Gasteiger partial charge is 0.465 e. The predicted octanol–water partition coefficient (Wildman–Crippen LogP) is 1.14. The molecule has 1 saturated carbocycles. The molecule has 2 bridgehead atoms. The van der Waals surface area contributed by atoms with E-state index in [1.165, 1.54) is 18.1 Å². The lowest BCUT2D eigenvalue weighted by atomic mass is 9.85. The number of furan rings is 1. The standard InChI is InChI=1S/C20H22N2O6/c1-10-14(20(26)27-3)7-13(28-10)8-21(2)15(23)9-22-18(24)16-11-4-5-12(6-11)17(16)19(22)25/h4-5,7,11-12,16-17H,6,8-9H2,1-3H3. The molecule has 8 nitrogen and oxygen atoms in total. The number of esters is 1. The van der Waals surface area contributed by atoms with Crippen molar-refractivity contribution in [2.75, 3.05) is 20.7 Å². The first-order valence-electron chi connectivity index (χ1n) is 9.27. The van der Waals surface area contributed by atoms with Gasteiger partial charge in [0, 0.05) is 7.05 Å². The Morgan fingerprint density at radius 3 is 2.39 bits per heavy atom. The molecule has 28 heavy (non-hydrogen) atoms. The number of hydrogen-bond donors (Lipinski definition) is 0. The lowest BCUT2D eigenvalue weighted by Crippen LogP contribution is -2.42. The van der Waals surface area contributed by atoms with Gasteiger partial charge in [0.15, 0.2) is 0 Å². The number of aryl methyl sites for hydroxylation is 1. The van der Waals surface area contributed by atoms with E-state index in [9.17, 15) is 19.2 Å². The summed E-state index contributed by atoms with van der Waals surface area (Å²) in [4.78, 5) is 52.1. The lowest BCUT2D eigenvalue weighted by molar-refractivity contribution is -0.146. The van der Waals surface area contributed by atoms with Gasteiger partial charge in [-0.15, -0.1) is 0 Å². The van der Waals surface area contributed by atoms with Gasteiger partial charge in [-0.25, -0.2) is 4.79 Å². The van der Waals surface area contributed by atoms with E-state index >= 15 is 0 Å². The first kappa shape index (κ1) is 18.5. The first-order chi connectivity index (χ1) is 13.3. The topological polar surface area (TPSA) is 97.1 Å². The highest BCUT2D eigenvalue weighted by Gasteiger charge is 2.59. The number of carbonyl (C=O) groups is 4. The number of amides is 3. The molecule has 0 aromatic carbocycles. The second kappa shape index (κ2) is 6.61. The molecule has 0 N–H and O–H groups in total. The van der Waals surface area contributed by atoms with Crippen LogP contribution in [-0.4, -0.2) is 54.2 Å². The average Bonchev–Trinajstić information content (AvgIpc) is 3.41. The number of ether oxygens (including phenoxy) is 1. The summed E-state index contributed by atoms with van der Waals surface area (Å²) in [6.45, 7) is 1.48. The summed E-state index contributed by atoms with van der Waals surface area (Å²) in [6, 6.07) is 1.53. The second-order valence-electron chi connectivity index (χ2n) is 7.69. The van der Waals surface area contributed by atoms with E-state index in [2.05, 4.69) is 4.74 Å². The van der Waals surface area contributed by atoms with Crippen LogP contribution >= 0.6 is 0 Å². The third-order valence-corrected chi connectivity index (χ3v) is 6.05. The number of fused-ring (bicyclic) bond motifs is 5.